The molecule has 0 fully saturated rings. The quantitative estimate of drug-likeness (QED) is 0.881. The molecule has 3 N–H and O–H groups in total. The van der Waals surface area contributed by atoms with Gasteiger partial charge in [0.15, 0.2) is 0 Å². The van der Waals surface area contributed by atoms with E-state index in [1.54, 1.807) is 6.07 Å². The molecule has 0 heterocycles. The molecule has 0 amide bonds. The summed E-state index contributed by atoms with van der Waals surface area (Å²) in [6.45, 7) is 1.94. The molecule has 0 spiro atoms. The van der Waals surface area contributed by atoms with Gasteiger partial charge in [0.25, 0.3) is 0 Å². The van der Waals surface area contributed by atoms with Crippen LogP contribution in [0.15, 0.2) is 18.2 Å². The molecule has 1 rings (SSSR count). The molecule has 0 radical (unpaired) electrons. The number of nitrogens with two attached hydrogens (primary N) is 1. The Morgan fingerprint density at radius 2 is 2.12 bits per heavy atom. The lowest BCUT2D eigenvalue weighted by molar-refractivity contribution is 0.133. The highest BCUT2D eigenvalue weighted by atomic mass is 35.5. The summed E-state index contributed by atoms with van der Waals surface area (Å²) < 4.78 is 13.4. The molecule has 2 atom stereocenters. The number of benzene rings is 1. The molecule has 1 aromatic carbocycles. The first-order valence-electron chi connectivity index (χ1n) is 4.94. The van der Waals surface area contributed by atoms with Crippen molar-refractivity contribution in [1.82, 2.24) is 0 Å². The molecule has 0 aliphatic carbocycles. The fraction of sp³-hybridized carbons (Fsp3) is 0.455. The average Bonchev–Trinajstić information content (AvgIpc) is 2.17. The number of rotatable bonds is 4. The normalized spacial score (nSPS) is 14.1. The standard InChI is InChI=1S/C11H15ClFNO.ClH/c1-2-3-10(15)11(14)8-5-4-7(12)6-9(8)13;/h4-6,10-11,15H,2-3,14H2,1H3;1H/t10-,11+;/m1./s1. The van der Waals surface area contributed by atoms with E-state index in [9.17, 15) is 9.50 Å². The molecule has 5 heteroatoms. The lowest BCUT2D eigenvalue weighted by Gasteiger charge is -2.19. The number of aliphatic hydroxyl groups is 1. The van der Waals surface area contributed by atoms with Crippen LogP contribution in [0, 0.1) is 5.82 Å². The Labute approximate surface area is 106 Å². The van der Waals surface area contributed by atoms with Crippen molar-refractivity contribution in [2.75, 3.05) is 0 Å². The van der Waals surface area contributed by atoms with E-state index < -0.39 is 18.0 Å². The zero-order valence-corrected chi connectivity index (χ0v) is 10.6. The first-order chi connectivity index (χ1) is 7.06. The van der Waals surface area contributed by atoms with Crippen LogP contribution in [-0.2, 0) is 0 Å². The van der Waals surface area contributed by atoms with Crippen molar-refractivity contribution >= 4 is 24.0 Å². The van der Waals surface area contributed by atoms with Gasteiger partial charge in [-0.15, -0.1) is 12.4 Å². The van der Waals surface area contributed by atoms with E-state index in [-0.39, 0.29) is 12.4 Å². The highest BCUT2D eigenvalue weighted by Gasteiger charge is 2.19. The minimum Gasteiger partial charge on any atom is -0.391 e. The van der Waals surface area contributed by atoms with Crippen molar-refractivity contribution in [2.24, 2.45) is 5.73 Å². The number of halogens is 3. The van der Waals surface area contributed by atoms with Gasteiger partial charge in [0.05, 0.1) is 12.1 Å². The van der Waals surface area contributed by atoms with Gasteiger partial charge in [0.1, 0.15) is 5.82 Å². The Balaban J connectivity index is 0.00000225. The molecular formula is C11H16Cl2FNO. The van der Waals surface area contributed by atoms with Crippen LogP contribution in [0.5, 0.6) is 0 Å². The highest BCUT2D eigenvalue weighted by Crippen LogP contribution is 2.23. The number of hydrogen-bond donors (Lipinski definition) is 2. The molecule has 0 unspecified atom stereocenters. The van der Waals surface area contributed by atoms with Gasteiger partial charge >= 0.3 is 0 Å². The molecule has 2 nitrogen and oxygen atoms in total. The Hall–Kier alpha value is -0.350. The minimum atomic E-state index is -0.717. The van der Waals surface area contributed by atoms with Gasteiger partial charge in [0.2, 0.25) is 0 Å². The molecule has 1 aromatic rings. The second-order valence-electron chi connectivity index (χ2n) is 3.55. The van der Waals surface area contributed by atoms with Crippen molar-refractivity contribution < 1.29 is 9.50 Å². The first-order valence-corrected chi connectivity index (χ1v) is 5.32. The van der Waals surface area contributed by atoms with E-state index in [4.69, 9.17) is 17.3 Å². The second kappa shape index (κ2) is 7.07. The third-order valence-corrected chi connectivity index (χ3v) is 2.56. The summed E-state index contributed by atoms with van der Waals surface area (Å²) in [5, 5.41) is 9.97. The Bertz CT molecular complexity index is 336. The summed E-state index contributed by atoms with van der Waals surface area (Å²) in [6, 6.07) is 3.59. The molecule has 16 heavy (non-hydrogen) atoms. The minimum absolute atomic E-state index is 0. The van der Waals surface area contributed by atoms with Crippen LogP contribution in [0.2, 0.25) is 5.02 Å². The van der Waals surface area contributed by atoms with Crippen LogP contribution >= 0.6 is 24.0 Å². The average molecular weight is 268 g/mol. The van der Waals surface area contributed by atoms with Crippen LogP contribution in [0.4, 0.5) is 4.39 Å². The molecule has 0 saturated carbocycles. The molecule has 0 aliphatic rings. The second-order valence-corrected chi connectivity index (χ2v) is 3.98. The highest BCUT2D eigenvalue weighted by molar-refractivity contribution is 6.30. The first kappa shape index (κ1) is 15.7. The van der Waals surface area contributed by atoms with Crippen LogP contribution in [0.3, 0.4) is 0 Å². The Kier molecular flexibility index (Phi) is 6.91. The smallest absolute Gasteiger partial charge is 0.129 e. The van der Waals surface area contributed by atoms with Crippen molar-refractivity contribution in [1.29, 1.82) is 0 Å². The molecular weight excluding hydrogens is 252 g/mol. The van der Waals surface area contributed by atoms with Gasteiger partial charge in [-0.05, 0) is 18.6 Å². The maximum Gasteiger partial charge on any atom is 0.129 e. The largest absolute Gasteiger partial charge is 0.391 e. The topological polar surface area (TPSA) is 46.2 Å². The lowest BCUT2D eigenvalue weighted by atomic mass is 9.99. The van der Waals surface area contributed by atoms with E-state index in [1.807, 2.05) is 6.92 Å². The summed E-state index contributed by atoms with van der Waals surface area (Å²) >= 11 is 5.62. The Morgan fingerprint density at radius 1 is 1.50 bits per heavy atom. The van der Waals surface area contributed by atoms with Gasteiger partial charge in [-0.3, -0.25) is 0 Å². The van der Waals surface area contributed by atoms with Crippen molar-refractivity contribution in [3.63, 3.8) is 0 Å². The third-order valence-electron chi connectivity index (χ3n) is 2.32. The lowest BCUT2D eigenvalue weighted by Crippen LogP contribution is -2.26. The molecule has 0 saturated heterocycles. The summed E-state index contributed by atoms with van der Waals surface area (Å²) in [7, 11) is 0. The van der Waals surface area contributed by atoms with Crippen molar-refractivity contribution in [3.05, 3.63) is 34.6 Å². The fourth-order valence-corrected chi connectivity index (χ4v) is 1.61. The summed E-state index contributed by atoms with van der Waals surface area (Å²) in [5.41, 5.74) is 6.05. The van der Waals surface area contributed by atoms with E-state index in [2.05, 4.69) is 0 Å². The van der Waals surface area contributed by atoms with E-state index in [0.29, 0.717) is 17.0 Å². The summed E-state index contributed by atoms with van der Waals surface area (Å²) in [5.74, 6) is -0.467. The van der Waals surface area contributed by atoms with E-state index in [0.717, 1.165) is 6.42 Å². The maximum atomic E-state index is 13.4. The molecule has 0 bridgehead atoms. The van der Waals surface area contributed by atoms with Crippen LogP contribution in [0.25, 0.3) is 0 Å². The SMILES string of the molecule is CCC[C@@H](O)[C@@H](N)c1ccc(Cl)cc1F.Cl. The molecule has 92 valence electrons. The van der Waals surface area contributed by atoms with Crippen LogP contribution in [-0.4, -0.2) is 11.2 Å². The number of aliphatic hydroxyl groups excluding tert-OH is 1. The predicted molar refractivity (Wildman–Crippen MR) is 66.5 cm³/mol. The van der Waals surface area contributed by atoms with Gasteiger partial charge in [-0.2, -0.15) is 0 Å². The van der Waals surface area contributed by atoms with E-state index in [1.165, 1.54) is 12.1 Å². The van der Waals surface area contributed by atoms with Gasteiger partial charge in [-0.25, -0.2) is 4.39 Å². The summed E-state index contributed by atoms with van der Waals surface area (Å²) in [4.78, 5) is 0. The maximum absolute atomic E-state index is 13.4. The monoisotopic (exact) mass is 267 g/mol. The van der Waals surface area contributed by atoms with Gasteiger partial charge < -0.3 is 10.8 Å². The predicted octanol–water partition coefficient (Wildman–Crippen LogP) is 3.06. The van der Waals surface area contributed by atoms with Gasteiger partial charge in [-0.1, -0.05) is 31.0 Å². The summed E-state index contributed by atoms with van der Waals surface area (Å²) in [6.07, 6.45) is 0.651. The zero-order valence-electron chi connectivity index (χ0n) is 8.99. The van der Waals surface area contributed by atoms with Gasteiger partial charge in [0, 0.05) is 10.6 Å². The fourth-order valence-electron chi connectivity index (χ4n) is 1.45. The Morgan fingerprint density at radius 3 is 2.62 bits per heavy atom. The zero-order chi connectivity index (χ0) is 11.4. The number of hydrogen-bond acceptors (Lipinski definition) is 2. The van der Waals surface area contributed by atoms with Crippen LogP contribution < -0.4 is 5.73 Å². The third kappa shape index (κ3) is 3.91. The van der Waals surface area contributed by atoms with Crippen molar-refractivity contribution in [3.8, 4) is 0 Å². The molecule has 0 aliphatic heterocycles. The molecule has 0 aromatic heterocycles. The van der Waals surface area contributed by atoms with E-state index >= 15 is 0 Å². The van der Waals surface area contributed by atoms with Crippen LogP contribution in [0.1, 0.15) is 31.4 Å². The van der Waals surface area contributed by atoms with Crippen molar-refractivity contribution in [2.45, 2.75) is 31.9 Å².